The van der Waals surface area contributed by atoms with Crippen LogP contribution in [-0.2, 0) is 4.79 Å². The van der Waals surface area contributed by atoms with Gasteiger partial charge in [0.25, 0.3) is 5.56 Å². The Morgan fingerprint density at radius 1 is 1.12 bits per heavy atom. The van der Waals surface area contributed by atoms with E-state index < -0.39 is 5.25 Å². The van der Waals surface area contributed by atoms with Crippen LogP contribution in [0.25, 0.3) is 16.6 Å². The molecule has 0 bridgehead atoms. The van der Waals surface area contributed by atoms with Gasteiger partial charge < -0.3 is 4.90 Å². The number of halogens is 1. The van der Waals surface area contributed by atoms with E-state index >= 15 is 0 Å². The van der Waals surface area contributed by atoms with Gasteiger partial charge in [-0.3, -0.25) is 14.2 Å². The third-order valence-corrected chi connectivity index (χ3v) is 6.50. The minimum absolute atomic E-state index is 0.175. The van der Waals surface area contributed by atoms with Gasteiger partial charge in [0, 0.05) is 17.3 Å². The molecular formula is C26H21ClN4O2S. The number of para-hydroxylation sites is 2. The Kier molecular flexibility index (Phi) is 7.31. The average Bonchev–Trinajstić information content (AvgIpc) is 2.85. The fourth-order valence-electron chi connectivity index (χ4n) is 3.60. The zero-order valence-corrected chi connectivity index (χ0v) is 20.0. The van der Waals surface area contributed by atoms with Crippen molar-refractivity contribution in [2.75, 3.05) is 11.4 Å². The second-order valence-corrected chi connectivity index (χ2v) is 9.27. The molecule has 0 fully saturated rings. The zero-order chi connectivity index (χ0) is 24.1. The van der Waals surface area contributed by atoms with Gasteiger partial charge in [-0.25, -0.2) is 4.98 Å². The van der Waals surface area contributed by atoms with Crippen molar-refractivity contribution in [3.05, 3.63) is 94.2 Å². The largest absolute Gasteiger partial charge is 0.310 e. The molecule has 0 spiro atoms. The number of benzene rings is 3. The number of thioether (sulfide) groups is 1. The van der Waals surface area contributed by atoms with Gasteiger partial charge in [-0.05, 0) is 49.4 Å². The lowest BCUT2D eigenvalue weighted by Gasteiger charge is -2.25. The lowest BCUT2D eigenvalue weighted by Crippen LogP contribution is -2.37. The van der Waals surface area contributed by atoms with Crippen LogP contribution in [0.2, 0.25) is 5.02 Å². The maximum absolute atomic E-state index is 13.5. The van der Waals surface area contributed by atoms with E-state index in [-0.39, 0.29) is 24.4 Å². The van der Waals surface area contributed by atoms with E-state index in [0.717, 1.165) is 0 Å². The number of fused-ring (bicyclic) bond motifs is 1. The van der Waals surface area contributed by atoms with Crippen molar-refractivity contribution in [3.63, 3.8) is 0 Å². The maximum atomic E-state index is 13.5. The van der Waals surface area contributed by atoms with Crippen LogP contribution in [0.4, 0.5) is 5.69 Å². The number of rotatable bonds is 7. The lowest BCUT2D eigenvalue weighted by atomic mass is 10.2. The van der Waals surface area contributed by atoms with Crippen molar-refractivity contribution in [2.45, 2.75) is 23.8 Å². The Bertz CT molecular complexity index is 1430. The summed E-state index contributed by atoms with van der Waals surface area (Å²) in [6.45, 7) is 2.05. The molecule has 0 unspecified atom stereocenters. The van der Waals surface area contributed by atoms with E-state index in [1.54, 1.807) is 54.3 Å². The van der Waals surface area contributed by atoms with Crippen molar-refractivity contribution in [1.29, 1.82) is 5.26 Å². The number of nitriles is 1. The molecule has 1 atom stereocenters. The summed E-state index contributed by atoms with van der Waals surface area (Å²) in [5.41, 5.74) is 1.60. The van der Waals surface area contributed by atoms with Gasteiger partial charge in [-0.2, -0.15) is 5.26 Å². The summed E-state index contributed by atoms with van der Waals surface area (Å²) in [6, 6.07) is 25.4. The zero-order valence-electron chi connectivity index (χ0n) is 18.4. The first-order valence-corrected chi connectivity index (χ1v) is 11.9. The fraction of sp³-hybridized carbons (Fsp3) is 0.154. The molecule has 8 heteroatoms. The van der Waals surface area contributed by atoms with Crippen LogP contribution in [0.15, 0.2) is 88.8 Å². The summed E-state index contributed by atoms with van der Waals surface area (Å²) >= 11 is 7.40. The van der Waals surface area contributed by atoms with Crippen LogP contribution >= 0.6 is 23.4 Å². The van der Waals surface area contributed by atoms with Gasteiger partial charge in [0.2, 0.25) is 5.91 Å². The second-order valence-electron chi connectivity index (χ2n) is 7.53. The van der Waals surface area contributed by atoms with Crippen molar-refractivity contribution in [3.8, 4) is 11.8 Å². The van der Waals surface area contributed by atoms with Crippen molar-refractivity contribution < 1.29 is 4.79 Å². The summed E-state index contributed by atoms with van der Waals surface area (Å²) in [5.74, 6) is -0.175. The number of carbonyl (C=O) groups excluding carboxylic acids is 1. The normalized spacial score (nSPS) is 11.7. The van der Waals surface area contributed by atoms with Crippen LogP contribution in [0.5, 0.6) is 0 Å². The first-order valence-electron chi connectivity index (χ1n) is 10.7. The molecule has 0 N–H and O–H groups in total. The summed E-state index contributed by atoms with van der Waals surface area (Å²) < 4.78 is 1.49. The van der Waals surface area contributed by atoms with E-state index in [4.69, 9.17) is 21.8 Å². The van der Waals surface area contributed by atoms with Crippen LogP contribution < -0.4 is 10.5 Å². The van der Waals surface area contributed by atoms with Crippen molar-refractivity contribution >= 4 is 45.9 Å². The topological polar surface area (TPSA) is 79.0 Å². The molecule has 0 aliphatic heterocycles. The van der Waals surface area contributed by atoms with Gasteiger partial charge in [0.05, 0.1) is 34.3 Å². The van der Waals surface area contributed by atoms with E-state index in [2.05, 4.69) is 6.07 Å². The highest BCUT2D eigenvalue weighted by Gasteiger charge is 2.25. The first-order chi connectivity index (χ1) is 16.5. The number of anilines is 1. The quantitative estimate of drug-likeness (QED) is 0.255. The van der Waals surface area contributed by atoms with Crippen LogP contribution in [0, 0.1) is 11.3 Å². The highest BCUT2D eigenvalue weighted by molar-refractivity contribution is 8.00. The molecule has 0 saturated heterocycles. The predicted octanol–water partition coefficient (Wildman–Crippen LogP) is 5.47. The first kappa shape index (κ1) is 23.6. The molecule has 0 radical (unpaired) electrons. The van der Waals surface area contributed by atoms with E-state index in [1.165, 1.54) is 16.3 Å². The smallest absolute Gasteiger partial charge is 0.266 e. The molecule has 34 heavy (non-hydrogen) atoms. The van der Waals surface area contributed by atoms with Gasteiger partial charge in [-0.1, -0.05) is 59.8 Å². The molecule has 0 aliphatic rings. The summed E-state index contributed by atoms with van der Waals surface area (Å²) in [6.07, 6.45) is 0.208. The molecule has 170 valence electrons. The lowest BCUT2D eigenvalue weighted by molar-refractivity contribution is -0.117. The standard InChI is InChI=1S/C26H21ClN4O2S/c1-18(24(32)30(16-8-15-28)20-10-3-2-4-11-20)34-26-29-23-14-6-5-13-22(23)25(33)31(26)21-12-7-9-19(27)17-21/h2-7,9-14,17-18H,8,16H2,1H3/t18-/m0/s1. The van der Waals surface area contributed by atoms with E-state index in [1.807, 2.05) is 36.4 Å². The van der Waals surface area contributed by atoms with Crippen LogP contribution in [0.1, 0.15) is 13.3 Å². The molecule has 1 aromatic heterocycles. The molecule has 6 nitrogen and oxygen atoms in total. The average molecular weight is 489 g/mol. The molecule has 4 rings (SSSR count). The Morgan fingerprint density at radius 2 is 1.85 bits per heavy atom. The molecule has 1 heterocycles. The van der Waals surface area contributed by atoms with E-state index in [9.17, 15) is 9.59 Å². The monoisotopic (exact) mass is 488 g/mol. The van der Waals surface area contributed by atoms with Gasteiger partial charge in [-0.15, -0.1) is 0 Å². The number of aromatic nitrogens is 2. The molecule has 3 aromatic carbocycles. The number of amides is 1. The van der Waals surface area contributed by atoms with E-state index in [0.29, 0.717) is 32.5 Å². The Hall–Kier alpha value is -3.60. The van der Waals surface area contributed by atoms with Crippen molar-refractivity contribution in [1.82, 2.24) is 9.55 Å². The highest BCUT2D eigenvalue weighted by Crippen LogP contribution is 2.28. The number of hydrogen-bond donors (Lipinski definition) is 0. The molecule has 0 saturated carbocycles. The summed E-state index contributed by atoms with van der Waals surface area (Å²) in [4.78, 5) is 33.2. The third kappa shape index (κ3) is 4.98. The Labute approximate surface area is 206 Å². The number of nitrogens with zero attached hydrogens (tertiary/aromatic N) is 4. The highest BCUT2D eigenvalue weighted by atomic mass is 35.5. The molecule has 0 aliphatic carbocycles. The fourth-order valence-corrected chi connectivity index (χ4v) is 4.77. The van der Waals surface area contributed by atoms with Crippen molar-refractivity contribution in [2.24, 2.45) is 0 Å². The number of hydrogen-bond acceptors (Lipinski definition) is 5. The Balaban J connectivity index is 1.76. The van der Waals surface area contributed by atoms with Gasteiger partial charge in [0.1, 0.15) is 0 Å². The molecule has 1 amide bonds. The predicted molar refractivity (Wildman–Crippen MR) is 137 cm³/mol. The molecule has 4 aromatic rings. The number of carbonyl (C=O) groups is 1. The third-order valence-electron chi connectivity index (χ3n) is 5.22. The van der Waals surface area contributed by atoms with Gasteiger partial charge >= 0.3 is 0 Å². The van der Waals surface area contributed by atoms with Gasteiger partial charge in [0.15, 0.2) is 5.16 Å². The maximum Gasteiger partial charge on any atom is 0.266 e. The second kappa shape index (κ2) is 10.6. The van der Waals surface area contributed by atoms with Crippen LogP contribution in [0.3, 0.4) is 0 Å². The molecular weight excluding hydrogens is 468 g/mol. The summed E-state index contributed by atoms with van der Waals surface area (Å²) in [5, 5.41) is 9.87. The SMILES string of the molecule is C[C@H](Sc1nc2ccccc2c(=O)n1-c1cccc(Cl)c1)C(=O)N(CCC#N)c1ccccc1. The summed E-state index contributed by atoms with van der Waals surface area (Å²) in [7, 11) is 0. The minimum Gasteiger partial charge on any atom is -0.310 e. The van der Waals surface area contributed by atoms with Crippen LogP contribution in [-0.4, -0.2) is 27.3 Å². The minimum atomic E-state index is -0.572. The Morgan fingerprint density at radius 3 is 2.59 bits per heavy atom.